The maximum Gasteiger partial charge on any atom is 0.271 e. The standard InChI is InChI=1S/C13H22N4O.ClH/c1-3-6-14-7-8-15-13(18)11-9-12(10-4-5-10)17(2)16-11;/h9-10,14H,3-8H2,1-2H3,(H,15,18);1H. The van der Waals surface area contributed by atoms with Crippen molar-refractivity contribution in [2.75, 3.05) is 19.6 Å². The van der Waals surface area contributed by atoms with Crippen LogP contribution < -0.4 is 10.6 Å². The van der Waals surface area contributed by atoms with E-state index < -0.39 is 0 Å². The molecule has 0 atom stereocenters. The van der Waals surface area contributed by atoms with Crippen LogP contribution in [0.4, 0.5) is 0 Å². The first-order valence-corrected chi connectivity index (χ1v) is 6.75. The summed E-state index contributed by atoms with van der Waals surface area (Å²) in [4.78, 5) is 11.9. The van der Waals surface area contributed by atoms with Crippen LogP contribution in [0.1, 0.15) is 48.3 Å². The lowest BCUT2D eigenvalue weighted by molar-refractivity contribution is 0.0948. The lowest BCUT2D eigenvalue weighted by Crippen LogP contribution is -2.32. The largest absolute Gasteiger partial charge is 0.349 e. The van der Waals surface area contributed by atoms with Gasteiger partial charge in [0.2, 0.25) is 0 Å². The van der Waals surface area contributed by atoms with Crippen molar-refractivity contribution in [1.29, 1.82) is 0 Å². The van der Waals surface area contributed by atoms with E-state index >= 15 is 0 Å². The number of aromatic nitrogens is 2. The summed E-state index contributed by atoms with van der Waals surface area (Å²) < 4.78 is 1.84. The molecule has 2 N–H and O–H groups in total. The lowest BCUT2D eigenvalue weighted by atomic mass is 10.2. The van der Waals surface area contributed by atoms with Crippen LogP contribution in [0.15, 0.2) is 6.07 Å². The number of rotatable bonds is 7. The highest BCUT2D eigenvalue weighted by Gasteiger charge is 2.28. The van der Waals surface area contributed by atoms with Crippen LogP contribution in [0.2, 0.25) is 0 Å². The molecule has 0 unspecified atom stereocenters. The SMILES string of the molecule is CCCNCCNC(=O)c1cc(C2CC2)n(C)n1.Cl. The molecule has 2 rings (SSSR count). The van der Waals surface area contributed by atoms with Crippen molar-refractivity contribution in [3.8, 4) is 0 Å². The monoisotopic (exact) mass is 286 g/mol. The number of nitrogens with zero attached hydrogens (tertiary/aromatic N) is 2. The molecule has 0 saturated heterocycles. The van der Waals surface area contributed by atoms with Crippen molar-refractivity contribution in [2.45, 2.75) is 32.1 Å². The highest BCUT2D eigenvalue weighted by Crippen LogP contribution is 2.39. The molecule has 0 aliphatic heterocycles. The molecule has 1 aliphatic rings. The van der Waals surface area contributed by atoms with Gasteiger partial charge >= 0.3 is 0 Å². The molecule has 1 saturated carbocycles. The number of hydrogen-bond acceptors (Lipinski definition) is 3. The highest BCUT2D eigenvalue weighted by molar-refractivity contribution is 5.92. The molecule has 1 amide bonds. The van der Waals surface area contributed by atoms with Crippen molar-refractivity contribution in [1.82, 2.24) is 20.4 Å². The Bertz CT molecular complexity index is 415. The summed E-state index contributed by atoms with van der Waals surface area (Å²) in [5.74, 6) is 0.547. The molecule has 1 heterocycles. The smallest absolute Gasteiger partial charge is 0.271 e. The fraction of sp³-hybridized carbons (Fsp3) is 0.692. The average molecular weight is 287 g/mol. The Morgan fingerprint density at radius 1 is 1.42 bits per heavy atom. The van der Waals surface area contributed by atoms with Gasteiger partial charge in [-0.25, -0.2) is 0 Å². The normalized spacial score (nSPS) is 14.0. The van der Waals surface area contributed by atoms with Crippen LogP contribution >= 0.6 is 12.4 Å². The molecule has 108 valence electrons. The molecule has 0 bridgehead atoms. The summed E-state index contributed by atoms with van der Waals surface area (Å²) in [7, 11) is 1.91. The second kappa shape index (κ2) is 7.50. The van der Waals surface area contributed by atoms with Gasteiger partial charge in [-0.2, -0.15) is 5.10 Å². The maximum absolute atomic E-state index is 11.9. The van der Waals surface area contributed by atoms with Gasteiger partial charge in [-0.1, -0.05) is 6.92 Å². The van der Waals surface area contributed by atoms with E-state index in [2.05, 4.69) is 22.7 Å². The van der Waals surface area contributed by atoms with Crippen molar-refractivity contribution in [3.63, 3.8) is 0 Å². The number of nitrogens with one attached hydrogen (secondary N) is 2. The Kier molecular flexibility index (Phi) is 6.31. The van der Waals surface area contributed by atoms with Gasteiger partial charge in [0.15, 0.2) is 0 Å². The van der Waals surface area contributed by atoms with E-state index in [1.54, 1.807) is 0 Å². The predicted molar refractivity (Wildman–Crippen MR) is 77.9 cm³/mol. The first kappa shape index (κ1) is 16.0. The third-order valence-corrected chi connectivity index (χ3v) is 3.16. The van der Waals surface area contributed by atoms with E-state index in [1.807, 2.05) is 17.8 Å². The van der Waals surface area contributed by atoms with Crippen LogP contribution in [-0.4, -0.2) is 35.3 Å². The van der Waals surface area contributed by atoms with Crippen molar-refractivity contribution >= 4 is 18.3 Å². The number of aryl methyl sites for hydroxylation is 1. The number of amides is 1. The van der Waals surface area contributed by atoms with Crippen LogP contribution in [0.25, 0.3) is 0 Å². The molecular weight excluding hydrogens is 264 g/mol. The van der Waals surface area contributed by atoms with Crippen molar-refractivity contribution < 1.29 is 4.79 Å². The zero-order valence-corrected chi connectivity index (χ0v) is 12.4. The molecule has 1 aliphatic carbocycles. The molecule has 1 fully saturated rings. The summed E-state index contributed by atoms with van der Waals surface area (Å²) in [5.41, 5.74) is 1.72. The lowest BCUT2D eigenvalue weighted by Gasteiger charge is -2.03. The number of carbonyl (C=O) groups is 1. The fourth-order valence-corrected chi connectivity index (χ4v) is 2.01. The quantitative estimate of drug-likeness (QED) is 0.746. The van der Waals surface area contributed by atoms with Crippen molar-refractivity contribution in [2.24, 2.45) is 7.05 Å². The second-order valence-corrected chi connectivity index (χ2v) is 4.86. The van der Waals surface area contributed by atoms with Crippen LogP contribution in [-0.2, 0) is 7.05 Å². The zero-order valence-electron chi connectivity index (χ0n) is 11.6. The summed E-state index contributed by atoms with van der Waals surface area (Å²) in [5, 5.41) is 10.4. The maximum atomic E-state index is 11.9. The summed E-state index contributed by atoms with van der Waals surface area (Å²) in [6.45, 7) is 4.57. The van der Waals surface area contributed by atoms with E-state index in [9.17, 15) is 4.79 Å². The molecule has 1 aromatic rings. The van der Waals surface area contributed by atoms with Gasteiger partial charge in [0.25, 0.3) is 5.91 Å². The van der Waals surface area contributed by atoms with E-state index in [1.165, 1.54) is 18.5 Å². The predicted octanol–water partition coefficient (Wildman–Crippen LogP) is 1.45. The van der Waals surface area contributed by atoms with Gasteiger partial charge in [0.05, 0.1) is 0 Å². The van der Waals surface area contributed by atoms with Gasteiger partial charge < -0.3 is 10.6 Å². The van der Waals surface area contributed by atoms with Gasteiger partial charge in [0.1, 0.15) is 5.69 Å². The van der Waals surface area contributed by atoms with Gasteiger partial charge in [-0.3, -0.25) is 9.48 Å². The molecule has 6 heteroatoms. The summed E-state index contributed by atoms with van der Waals surface area (Å²) in [6, 6.07) is 1.92. The number of halogens is 1. The summed E-state index contributed by atoms with van der Waals surface area (Å²) in [6.07, 6.45) is 3.56. The van der Waals surface area contributed by atoms with Crippen LogP contribution in [0.5, 0.6) is 0 Å². The number of carbonyl (C=O) groups excluding carboxylic acids is 1. The minimum absolute atomic E-state index is 0. The second-order valence-electron chi connectivity index (χ2n) is 4.86. The Morgan fingerprint density at radius 2 is 2.16 bits per heavy atom. The molecule has 1 aromatic heterocycles. The Hall–Kier alpha value is -1.07. The summed E-state index contributed by atoms with van der Waals surface area (Å²) >= 11 is 0. The highest BCUT2D eigenvalue weighted by atomic mass is 35.5. The first-order chi connectivity index (χ1) is 8.72. The van der Waals surface area contributed by atoms with E-state index in [0.29, 0.717) is 18.2 Å². The molecule has 0 spiro atoms. The minimum atomic E-state index is -0.0733. The minimum Gasteiger partial charge on any atom is -0.349 e. The third-order valence-electron chi connectivity index (χ3n) is 3.16. The fourth-order valence-electron chi connectivity index (χ4n) is 2.01. The molecule has 19 heavy (non-hydrogen) atoms. The topological polar surface area (TPSA) is 58.9 Å². The van der Waals surface area contributed by atoms with E-state index in [4.69, 9.17) is 0 Å². The molecule has 0 radical (unpaired) electrons. The number of hydrogen-bond donors (Lipinski definition) is 2. The Labute approximate surface area is 120 Å². The Balaban J connectivity index is 0.00000180. The molecular formula is C13H23ClN4O. The van der Waals surface area contributed by atoms with Gasteiger partial charge in [-0.05, 0) is 31.9 Å². The van der Waals surface area contributed by atoms with E-state index in [-0.39, 0.29) is 18.3 Å². The van der Waals surface area contributed by atoms with Gasteiger partial charge in [-0.15, -0.1) is 12.4 Å². The van der Waals surface area contributed by atoms with Crippen molar-refractivity contribution in [3.05, 3.63) is 17.5 Å². The molecule has 0 aromatic carbocycles. The average Bonchev–Trinajstić information content (AvgIpc) is 3.12. The first-order valence-electron chi connectivity index (χ1n) is 6.75. The molecule has 5 nitrogen and oxygen atoms in total. The Morgan fingerprint density at radius 3 is 2.79 bits per heavy atom. The third kappa shape index (κ3) is 4.51. The van der Waals surface area contributed by atoms with Crippen LogP contribution in [0, 0.1) is 0 Å². The zero-order chi connectivity index (χ0) is 13.0. The van der Waals surface area contributed by atoms with E-state index in [0.717, 1.165) is 19.5 Å². The van der Waals surface area contributed by atoms with Gasteiger partial charge in [0, 0.05) is 31.7 Å². The van der Waals surface area contributed by atoms with Crippen LogP contribution in [0.3, 0.4) is 0 Å².